The van der Waals surface area contributed by atoms with Crippen molar-refractivity contribution in [1.82, 2.24) is 0 Å². The molecule has 1 aliphatic rings. The van der Waals surface area contributed by atoms with E-state index in [2.05, 4.69) is 11.4 Å². The molecular weight excluding hydrogens is 268 g/mol. The fourth-order valence-electron chi connectivity index (χ4n) is 2.59. The first-order valence-electron chi connectivity index (χ1n) is 6.94. The van der Waals surface area contributed by atoms with Crippen LogP contribution >= 0.6 is 0 Å². The molecule has 0 radical (unpaired) electrons. The standard InChI is InChI=1S/C16H16N2O3/c1-11-13(18(19)20)7-3-8-14(11)21-15-9-2-5-12-6-4-10-17-16(12)15/h2-3,5,7-9,17H,4,6,10H2,1H3. The molecule has 0 saturated heterocycles. The highest BCUT2D eigenvalue weighted by Gasteiger charge is 2.18. The highest BCUT2D eigenvalue weighted by atomic mass is 16.6. The van der Waals surface area contributed by atoms with Crippen molar-refractivity contribution in [3.8, 4) is 11.5 Å². The molecule has 0 saturated carbocycles. The van der Waals surface area contributed by atoms with E-state index in [9.17, 15) is 10.1 Å². The largest absolute Gasteiger partial charge is 0.455 e. The lowest BCUT2D eigenvalue weighted by molar-refractivity contribution is -0.385. The predicted octanol–water partition coefficient (Wildman–Crippen LogP) is 4.05. The molecule has 0 aliphatic carbocycles. The maximum Gasteiger partial charge on any atom is 0.276 e. The molecule has 5 nitrogen and oxygen atoms in total. The Balaban J connectivity index is 1.98. The van der Waals surface area contributed by atoms with Crippen molar-refractivity contribution in [2.24, 2.45) is 0 Å². The quantitative estimate of drug-likeness (QED) is 0.682. The average Bonchev–Trinajstić information content (AvgIpc) is 2.49. The van der Waals surface area contributed by atoms with E-state index in [4.69, 9.17) is 4.74 Å². The van der Waals surface area contributed by atoms with E-state index in [1.165, 1.54) is 11.6 Å². The lowest BCUT2D eigenvalue weighted by Gasteiger charge is -2.21. The van der Waals surface area contributed by atoms with Gasteiger partial charge < -0.3 is 10.1 Å². The van der Waals surface area contributed by atoms with Crippen molar-refractivity contribution in [2.75, 3.05) is 11.9 Å². The van der Waals surface area contributed by atoms with Gasteiger partial charge in [0.1, 0.15) is 5.75 Å². The second-order valence-corrected chi connectivity index (χ2v) is 5.08. The van der Waals surface area contributed by atoms with Crippen molar-refractivity contribution < 1.29 is 9.66 Å². The lowest BCUT2D eigenvalue weighted by Crippen LogP contribution is -2.12. The van der Waals surface area contributed by atoms with Crippen LogP contribution in [0.3, 0.4) is 0 Å². The highest BCUT2D eigenvalue weighted by Crippen LogP contribution is 2.37. The van der Waals surface area contributed by atoms with Gasteiger partial charge in [0.15, 0.2) is 5.75 Å². The van der Waals surface area contributed by atoms with E-state index in [1.54, 1.807) is 19.1 Å². The Bertz CT molecular complexity index is 698. The van der Waals surface area contributed by atoms with Crippen molar-refractivity contribution in [2.45, 2.75) is 19.8 Å². The van der Waals surface area contributed by atoms with Crippen LogP contribution in [-0.2, 0) is 6.42 Å². The zero-order valence-electron chi connectivity index (χ0n) is 11.8. The van der Waals surface area contributed by atoms with E-state index < -0.39 is 0 Å². The molecular formula is C16H16N2O3. The van der Waals surface area contributed by atoms with Gasteiger partial charge in [-0.05, 0) is 37.5 Å². The van der Waals surface area contributed by atoms with Crippen LogP contribution < -0.4 is 10.1 Å². The average molecular weight is 284 g/mol. The minimum atomic E-state index is -0.388. The van der Waals surface area contributed by atoms with E-state index >= 15 is 0 Å². The van der Waals surface area contributed by atoms with Crippen LogP contribution in [0, 0.1) is 17.0 Å². The Kier molecular flexibility index (Phi) is 3.48. The van der Waals surface area contributed by atoms with Gasteiger partial charge in [-0.1, -0.05) is 18.2 Å². The fourth-order valence-corrected chi connectivity index (χ4v) is 2.59. The third-order valence-electron chi connectivity index (χ3n) is 3.71. The maximum absolute atomic E-state index is 11.0. The molecule has 0 amide bonds. The van der Waals surface area contributed by atoms with Crippen molar-refractivity contribution in [3.05, 3.63) is 57.6 Å². The molecule has 0 unspecified atom stereocenters. The van der Waals surface area contributed by atoms with Crippen LogP contribution in [0.1, 0.15) is 17.5 Å². The van der Waals surface area contributed by atoms with Gasteiger partial charge in [0.05, 0.1) is 16.2 Å². The smallest absolute Gasteiger partial charge is 0.276 e. The number of rotatable bonds is 3. The molecule has 1 aliphatic heterocycles. The molecule has 5 heteroatoms. The van der Waals surface area contributed by atoms with Gasteiger partial charge in [-0.25, -0.2) is 0 Å². The number of nitro groups is 1. The number of ether oxygens (including phenoxy) is 1. The minimum absolute atomic E-state index is 0.0743. The summed E-state index contributed by atoms with van der Waals surface area (Å²) in [5.74, 6) is 1.24. The molecule has 1 heterocycles. The SMILES string of the molecule is Cc1c(Oc2cccc3c2NCCC3)cccc1[N+](=O)[O-]. The molecule has 21 heavy (non-hydrogen) atoms. The molecule has 2 aromatic rings. The van der Waals surface area contributed by atoms with Gasteiger partial charge in [0.25, 0.3) is 5.69 Å². The molecule has 2 aromatic carbocycles. The molecule has 0 atom stereocenters. The summed E-state index contributed by atoms with van der Waals surface area (Å²) in [6.07, 6.45) is 2.12. The summed E-state index contributed by atoms with van der Waals surface area (Å²) in [6, 6.07) is 10.8. The first kappa shape index (κ1) is 13.4. The van der Waals surface area contributed by atoms with Crippen molar-refractivity contribution in [1.29, 1.82) is 0 Å². The van der Waals surface area contributed by atoms with Gasteiger partial charge in [0.2, 0.25) is 0 Å². The summed E-state index contributed by atoms with van der Waals surface area (Å²) in [5.41, 5.74) is 2.83. The summed E-state index contributed by atoms with van der Waals surface area (Å²) in [5, 5.41) is 14.3. The molecule has 0 bridgehead atoms. The number of nitrogens with one attached hydrogen (secondary N) is 1. The second kappa shape index (κ2) is 5.44. The van der Waals surface area contributed by atoms with Gasteiger partial charge in [-0.3, -0.25) is 10.1 Å². The summed E-state index contributed by atoms with van der Waals surface area (Å²) in [7, 11) is 0. The number of para-hydroxylation sites is 1. The van der Waals surface area contributed by atoms with E-state index in [0.29, 0.717) is 11.3 Å². The van der Waals surface area contributed by atoms with Crippen LogP contribution in [0.2, 0.25) is 0 Å². The van der Waals surface area contributed by atoms with Crippen LogP contribution in [0.15, 0.2) is 36.4 Å². The topological polar surface area (TPSA) is 64.4 Å². The number of aryl methyl sites for hydroxylation is 1. The normalized spacial score (nSPS) is 13.2. The van der Waals surface area contributed by atoms with Gasteiger partial charge in [-0.15, -0.1) is 0 Å². The van der Waals surface area contributed by atoms with Crippen molar-refractivity contribution in [3.63, 3.8) is 0 Å². The molecule has 3 rings (SSSR count). The Hall–Kier alpha value is -2.56. The molecule has 0 fully saturated rings. The summed E-state index contributed by atoms with van der Waals surface area (Å²) < 4.78 is 5.93. The number of hydrogen-bond acceptors (Lipinski definition) is 4. The van der Waals surface area contributed by atoms with Crippen LogP contribution in [0.25, 0.3) is 0 Å². The highest BCUT2D eigenvalue weighted by molar-refractivity contribution is 5.65. The Morgan fingerprint density at radius 3 is 2.76 bits per heavy atom. The van der Waals surface area contributed by atoms with Crippen LogP contribution in [0.4, 0.5) is 11.4 Å². The number of fused-ring (bicyclic) bond motifs is 1. The van der Waals surface area contributed by atoms with Gasteiger partial charge in [0, 0.05) is 12.6 Å². The Morgan fingerprint density at radius 2 is 1.95 bits per heavy atom. The fraction of sp³-hybridized carbons (Fsp3) is 0.250. The summed E-state index contributed by atoms with van der Waals surface area (Å²) in [6.45, 7) is 2.62. The first-order valence-corrected chi connectivity index (χ1v) is 6.94. The van der Waals surface area contributed by atoms with E-state index in [1.807, 2.05) is 12.1 Å². The van der Waals surface area contributed by atoms with E-state index in [0.717, 1.165) is 30.8 Å². The number of benzene rings is 2. The predicted molar refractivity (Wildman–Crippen MR) is 81.2 cm³/mol. The maximum atomic E-state index is 11.0. The molecule has 0 spiro atoms. The zero-order chi connectivity index (χ0) is 14.8. The van der Waals surface area contributed by atoms with Crippen LogP contribution in [0.5, 0.6) is 11.5 Å². The Morgan fingerprint density at radius 1 is 1.19 bits per heavy atom. The van der Waals surface area contributed by atoms with Crippen LogP contribution in [-0.4, -0.2) is 11.5 Å². The monoisotopic (exact) mass is 284 g/mol. The Labute approximate surface area is 122 Å². The third-order valence-corrected chi connectivity index (χ3v) is 3.71. The first-order chi connectivity index (χ1) is 10.2. The van der Waals surface area contributed by atoms with E-state index in [-0.39, 0.29) is 10.6 Å². The minimum Gasteiger partial charge on any atom is -0.455 e. The zero-order valence-corrected chi connectivity index (χ0v) is 11.8. The number of nitro benzene ring substituents is 1. The third kappa shape index (κ3) is 2.54. The van der Waals surface area contributed by atoms with Gasteiger partial charge in [-0.2, -0.15) is 0 Å². The molecule has 0 aromatic heterocycles. The number of nitrogens with zero attached hydrogens (tertiary/aromatic N) is 1. The molecule has 1 N–H and O–H groups in total. The second-order valence-electron chi connectivity index (χ2n) is 5.08. The lowest BCUT2D eigenvalue weighted by atomic mass is 10.0. The number of anilines is 1. The molecule has 108 valence electrons. The summed E-state index contributed by atoms with van der Waals surface area (Å²) in [4.78, 5) is 10.6. The van der Waals surface area contributed by atoms with Gasteiger partial charge >= 0.3 is 0 Å². The van der Waals surface area contributed by atoms with Crippen molar-refractivity contribution >= 4 is 11.4 Å². The number of hydrogen-bond donors (Lipinski definition) is 1. The summed E-state index contributed by atoms with van der Waals surface area (Å²) >= 11 is 0.